The third-order valence-electron chi connectivity index (χ3n) is 7.04. The Morgan fingerprint density at radius 3 is 2.37 bits per heavy atom. The number of halogens is 2. The number of hydrogen-bond donors (Lipinski definition) is 2. The maximum Gasteiger partial charge on any atom is 0.264 e. The highest BCUT2D eigenvalue weighted by molar-refractivity contribution is 5.99. The normalized spacial score (nSPS) is 14.6. The zero-order valence-electron chi connectivity index (χ0n) is 22.8. The van der Waals surface area contributed by atoms with Crippen LogP contribution in [0.1, 0.15) is 74.0 Å². The fraction of sp³-hybridized carbons (Fsp3) is 0.333. The quantitative estimate of drug-likeness (QED) is 0.265. The number of rotatable bonds is 8. The largest absolute Gasteiger partial charge is 0.383 e. The van der Waals surface area contributed by atoms with Crippen molar-refractivity contribution in [1.82, 2.24) is 20.0 Å². The maximum atomic E-state index is 14.1. The van der Waals surface area contributed by atoms with Crippen LogP contribution in [0.5, 0.6) is 0 Å². The number of nitriles is 3. The zero-order valence-corrected chi connectivity index (χ0v) is 22.8. The summed E-state index contributed by atoms with van der Waals surface area (Å²) in [6.07, 6.45) is 1.55. The minimum absolute atomic E-state index is 0.103. The molecule has 0 amide bonds. The van der Waals surface area contributed by atoms with Crippen molar-refractivity contribution in [2.24, 2.45) is 5.41 Å². The second-order valence-electron chi connectivity index (χ2n) is 11.3. The molecule has 2 heterocycles. The molecule has 11 heteroatoms. The summed E-state index contributed by atoms with van der Waals surface area (Å²) in [5.74, 6) is 0. The molecule has 1 fully saturated rings. The Kier molecular flexibility index (Phi) is 7.02. The Labute approximate surface area is 236 Å². The van der Waals surface area contributed by atoms with E-state index in [-0.39, 0.29) is 22.1 Å². The maximum absolute atomic E-state index is 14.1. The number of benzene rings is 2. The van der Waals surface area contributed by atoms with Gasteiger partial charge in [-0.1, -0.05) is 50.3 Å². The van der Waals surface area contributed by atoms with Gasteiger partial charge in [0.25, 0.3) is 6.43 Å². The molecule has 1 aliphatic carbocycles. The number of aromatic nitrogens is 4. The monoisotopic (exact) mass is 551 g/mol. The van der Waals surface area contributed by atoms with Gasteiger partial charge in [-0.25, -0.2) is 13.5 Å². The lowest BCUT2D eigenvalue weighted by Gasteiger charge is -2.23. The van der Waals surface area contributed by atoms with E-state index in [0.29, 0.717) is 52.9 Å². The van der Waals surface area contributed by atoms with E-state index in [9.17, 15) is 24.6 Å². The van der Waals surface area contributed by atoms with E-state index in [1.165, 1.54) is 16.9 Å². The van der Waals surface area contributed by atoms with E-state index in [2.05, 4.69) is 64.9 Å². The van der Waals surface area contributed by atoms with Crippen molar-refractivity contribution in [3.63, 3.8) is 0 Å². The highest BCUT2D eigenvalue weighted by Crippen LogP contribution is 2.43. The van der Waals surface area contributed by atoms with Crippen molar-refractivity contribution in [2.75, 3.05) is 17.2 Å². The van der Waals surface area contributed by atoms with Crippen LogP contribution in [0.4, 0.5) is 20.2 Å². The number of nitrogens with zero attached hydrogens (tertiary/aromatic N) is 7. The third kappa shape index (κ3) is 5.37. The summed E-state index contributed by atoms with van der Waals surface area (Å²) in [6.45, 7) is 6.71. The molecule has 1 saturated carbocycles. The summed E-state index contributed by atoms with van der Waals surface area (Å²) in [5, 5.41) is 45.0. The molecule has 5 rings (SSSR count). The van der Waals surface area contributed by atoms with Gasteiger partial charge in [0, 0.05) is 29.4 Å². The van der Waals surface area contributed by atoms with Crippen molar-refractivity contribution >= 4 is 22.3 Å². The standard InChI is InChI=1S/C30H27F2N9/c1-29(2,3)17-37-26-19(13-34)14-36-25-18(12-33)10-20(11-23(25)26)38-27(21-6-4-5-7-22(21)28(31)32)24-15-41(40-39-24)30(16-35)8-9-30/h4-7,10-11,14-15,27-28,38H,8-9,17H2,1-3H3,(H,36,37)/t27-/m0/s1. The van der Waals surface area contributed by atoms with Crippen LogP contribution in [0.25, 0.3) is 10.9 Å². The summed E-state index contributed by atoms with van der Waals surface area (Å²) in [7, 11) is 0. The topological polar surface area (TPSA) is 139 Å². The summed E-state index contributed by atoms with van der Waals surface area (Å²) < 4.78 is 29.8. The van der Waals surface area contributed by atoms with Crippen LogP contribution in [0.15, 0.2) is 48.8 Å². The van der Waals surface area contributed by atoms with Crippen molar-refractivity contribution < 1.29 is 8.78 Å². The van der Waals surface area contributed by atoms with Crippen LogP contribution in [0.3, 0.4) is 0 Å². The predicted molar refractivity (Wildman–Crippen MR) is 149 cm³/mol. The average molecular weight is 552 g/mol. The highest BCUT2D eigenvalue weighted by atomic mass is 19.3. The van der Waals surface area contributed by atoms with Gasteiger partial charge in [0.2, 0.25) is 0 Å². The van der Waals surface area contributed by atoms with Gasteiger partial charge in [0.05, 0.1) is 40.6 Å². The van der Waals surface area contributed by atoms with Gasteiger partial charge in [-0.15, -0.1) is 5.10 Å². The molecule has 206 valence electrons. The number of anilines is 2. The Morgan fingerprint density at radius 2 is 1.76 bits per heavy atom. The van der Waals surface area contributed by atoms with Crippen molar-refractivity contribution in [1.29, 1.82) is 15.8 Å². The molecule has 4 aromatic rings. The fourth-order valence-electron chi connectivity index (χ4n) is 4.68. The lowest BCUT2D eigenvalue weighted by Crippen LogP contribution is -2.20. The van der Waals surface area contributed by atoms with E-state index in [1.54, 1.807) is 36.5 Å². The van der Waals surface area contributed by atoms with Crippen molar-refractivity contribution in [3.05, 3.63) is 76.7 Å². The summed E-state index contributed by atoms with van der Waals surface area (Å²) >= 11 is 0. The Bertz CT molecular complexity index is 1750. The Morgan fingerprint density at radius 1 is 1.05 bits per heavy atom. The van der Waals surface area contributed by atoms with Crippen molar-refractivity contribution in [2.45, 2.75) is 51.6 Å². The number of nitrogens with one attached hydrogen (secondary N) is 2. The van der Waals surface area contributed by atoms with E-state index in [1.807, 2.05) is 0 Å². The summed E-state index contributed by atoms with van der Waals surface area (Å²) in [5.41, 5.74) is 1.52. The number of hydrogen-bond acceptors (Lipinski definition) is 8. The number of alkyl halides is 2. The van der Waals surface area contributed by atoms with E-state index >= 15 is 0 Å². The Hall–Kier alpha value is -5.08. The molecule has 0 aliphatic heterocycles. The third-order valence-corrected chi connectivity index (χ3v) is 7.04. The van der Waals surface area contributed by atoms with Gasteiger partial charge in [0.15, 0.2) is 5.54 Å². The molecule has 0 unspecified atom stereocenters. The molecule has 2 N–H and O–H groups in total. The molecule has 0 spiro atoms. The molecular weight excluding hydrogens is 524 g/mol. The van der Waals surface area contributed by atoms with Gasteiger partial charge >= 0.3 is 0 Å². The Balaban J connectivity index is 1.66. The number of fused-ring (bicyclic) bond motifs is 1. The lowest BCUT2D eigenvalue weighted by atomic mass is 9.96. The first-order valence-corrected chi connectivity index (χ1v) is 13.1. The second kappa shape index (κ2) is 10.5. The first-order valence-electron chi connectivity index (χ1n) is 13.1. The zero-order chi connectivity index (χ0) is 29.4. The minimum Gasteiger partial charge on any atom is -0.383 e. The van der Waals surface area contributed by atoms with E-state index in [4.69, 9.17) is 0 Å². The SMILES string of the molecule is CC(C)(C)CNc1c(C#N)cnc2c(C#N)cc(N[C@H](c3cn(C4(C#N)CC4)nn3)c3ccccc3C(F)F)cc12. The average Bonchev–Trinajstić information content (AvgIpc) is 3.61. The van der Waals surface area contributed by atoms with Gasteiger partial charge in [-0.3, -0.25) is 4.98 Å². The highest BCUT2D eigenvalue weighted by Gasteiger charge is 2.47. The molecule has 0 saturated heterocycles. The smallest absolute Gasteiger partial charge is 0.264 e. The van der Waals surface area contributed by atoms with Crippen LogP contribution in [-0.2, 0) is 5.54 Å². The molecule has 1 aliphatic rings. The summed E-state index contributed by atoms with van der Waals surface area (Å²) in [6, 6.07) is 15.2. The molecule has 1 atom stereocenters. The first kappa shape index (κ1) is 27.5. The van der Waals surface area contributed by atoms with E-state index in [0.717, 1.165) is 0 Å². The summed E-state index contributed by atoms with van der Waals surface area (Å²) in [4.78, 5) is 4.38. The van der Waals surface area contributed by atoms with Gasteiger partial charge in [0.1, 0.15) is 17.8 Å². The van der Waals surface area contributed by atoms with Crippen LogP contribution < -0.4 is 10.6 Å². The molecule has 41 heavy (non-hydrogen) atoms. The van der Waals surface area contributed by atoms with Gasteiger partial charge in [-0.05, 0) is 36.0 Å². The number of pyridine rings is 1. The van der Waals surface area contributed by atoms with Gasteiger partial charge in [-0.2, -0.15) is 15.8 Å². The van der Waals surface area contributed by atoms with Crippen molar-refractivity contribution in [3.8, 4) is 18.2 Å². The molecular formula is C30H27F2N9. The second-order valence-corrected chi connectivity index (χ2v) is 11.3. The van der Waals surface area contributed by atoms with Gasteiger partial charge < -0.3 is 10.6 Å². The first-order chi connectivity index (χ1) is 19.6. The molecule has 0 radical (unpaired) electrons. The minimum atomic E-state index is -2.75. The molecule has 2 aromatic heterocycles. The van der Waals surface area contributed by atoms with Crippen LogP contribution >= 0.6 is 0 Å². The molecule has 2 aromatic carbocycles. The molecule has 9 nitrogen and oxygen atoms in total. The van der Waals surface area contributed by atoms with E-state index < -0.39 is 18.0 Å². The molecule has 0 bridgehead atoms. The van der Waals surface area contributed by atoms with Crippen LogP contribution in [0.2, 0.25) is 0 Å². The fourth-order valence-corrected chi connectivity index (χ4v) is 4.68. The predicted octanol–water partition coefficient (Wildman–Crippen LogP) is 6.18. The lowest BCUT2D eigenvalue weighted by molar-refractivity contribution is 0.150. The van der Waals surface area contributed by atoms with Crippen LogP contribution in [0, 0.1) is 39.4 Å². The van der Waals surface area contributed by atoms with Crippen LogP contribution in [-0.4, -0.2) is 26.5 Å².